The average Bonchev–Trinajstić information content (AvgIpc) is 3.18. The Hall–Kier alpha value is -1.30. The molecule has 0 aromatic heterocycles. The van der Waals surface area contributed by atoms with Crippen LogP contribution in [0.1, 0.15) is 25.0 Å². The second kappa shape index (κ2) is 4.60. The molecule has 3 atom stereocenters. The zero-order valence-corrected chi connectivity index (χ0v) is 12.3. The number of benzene rings is 1. The van der Waals surface area contributed by atoms with Crippen molar-refractivity contribution >= 4 is 0 Å². The highest BCUT2D eigenvalue weighted by molar-refractivity contribution is 5.50. The van der Waals surface area contributed by atoms with Gasteiger partial charge in [-0.3, -0.25) is 0 Å². The van der Waals surface area contributed by atoms with Crippen molar-refractivity contribution in [1.82, 2.24) is 0 Å². The van der Waals surface area contributed by atoms with Crippen molar-refractivity contribution < 1.29 is 24.1 Å². The van der Waals surface area contributed by atoms with Gasteiger partial charge in [0.15, 0.2) is 5.79 Å². The van der Waals surface area contributed by atoms with Crippen LogP contribution < -0.4 is 4.74 Å². The third-order valence-corrected chi connectivity index (χ3v) is 4.29. The van der Waals surface area contributed by atoms with Crippen molar-refractivity contribution in [3.8, 4) is 11.5 Å². The summed E-state index contributed by atoms with van der Waals surface area (Å²) in [5.41, 5.74) is 1.96. The van der Waals surface area contributed by atoms with E-state index in [1.165, 1.54) is 0 Å². The molecule has 0 amide bonds. The Morgan fingerprint density at radius 1 is 1.19 bits per heavy atom. The van der Waals surface area contributed by atoms with Crippen LogP contribution in [-0.4, -0.2) is 42.4 Å². The van der Waals surface area contributed by atoms with Crippen molar-refractivity contribution in [2.45, 2.75) is 50.8 Å². The standard InChI is InChI=1S/C16H20O5/c1-16(2)20-14-5-10-11(6-15(14)21-16)13(4-3-12(10)17)19-8-9-7-18-9/h3-4,9,14-15,17H,5-8H2,1-2H3/t9?,14-,15-/m1/s1. The maximum absolute atomic E-state index is 10.1. The summed E-state index contributed by atoms with van der Waals surface area (Å²) in [4.78, 5) is 0. The lowest BCUT2D eigenvalue weighted by Gasteiger charge is -2.27. The first-order chi connectivity index (χ1) is 10.0. The molecule has 1 aromatic carbocycles. The minimum atomic E-state index is -0.560. The maximum Gasteiger partial charge on any atom is 0.163 e. The van der Waals surface area contributed by atoms with Crippen LogP contribution in [0.4, 0.5) is 0 Å². The van der Waals surface area contributed by atoms with Crippen LogP contribution in [-0.2, 0) is 27.1 Å². The molecule has 2 fully saturated rings. The highest BCUT2D eigenvalue weighted by atomic mass is 16.7. The Morgan fingerprint density at radius 3 is 2.52 bits per heavy atom. The van der Waals surface area contributed by atoms with Crippen LogP contribution >= 0.6 is 0 Å². The summed E-state index contributed by atoms with van der Waals surface area (Å²) in [5.74, 6) is 0.576. The van der Waals surface area contributed by atoms with E-state index in [1.54, 1.807) is 6.07 Å². The van der Waals surface area contributed by atoms with E-state index in [2.05, 4.69) is 0 Å². The van der Waals surface area contributed by atoms with Crippen LogP contribution in [0.25, 0.3) is 0 Å². The first-order valence-electron chi connectivity index (χ1n) is 7.45. The molecule has 0 bridgehead atoms. The number of fused-ring (bicyclic) bond motifs is 2. The monoisotopic (exact) mass is 292 g/mol. The Balaban J connectivity index is 1.62. The molecule has 5 nitrogen and oxygen atoms in total. The fraction of sp³-hybridized carbons (Fsp3) is 0.625. The molecule has 1 aliphatic carbocycles. The van der Waals surface area contributed by atoms with Crippen LogP contribution in [0, 0.1) is 0 Å². The van der Waals surface area contributed by atoms with Crippen LogP contribution in [0.2, 0.25) is 0 Å². The number of rotatable bonds is 3. The number of phenols is 1. The summed E-state index contributed by atoms with van der Waals surface area (Å²) in [6.07, 6.45) is 1.61. The zero-order valence-electron chi connectivity index (χ0n) is 12.3. The van der Waals surface area contributed by atoms with Crippen LogP contribution in [0.3, 0.4) is 0 Å². The lowest BCUT2D eigenvalue weighted by atomic mass is 9.86. The highest BCUT2D eigenvalue weighted by Gasteiger charge is 2.45. The number of hydrogen-bond donors (Lipinski definition) is 1. The molecule has 0 radical (unpaired) electrons. The van der Waals surface area contributed by atoms with E-state index in [9.17, 15) is 5.11 Å². The van der Waals surface area contributed by atoms with E-state index < -0.39 is 5.79 Å². The normalized spacial score (nSPS) is 32.4. The van der Waals surface area contributed by atoms with Gasteiger partial charge in [-0.25, -0.2) is 0 Å². The van der Waals surface area contributed by atoms with E-state index >= 15 is 0 Å². The molecule has 3 aliphatic rings. The van der Waals surface area contributed by atoms with Crippen molar-refractivity contribution in [2.24, 2.45) is 0 Å². The van der Waals surface area contributed by atoms with Gasteiger partial charge in [0.2, 0.25) is 0 Å². The number of phenolic OH excluding ortho intramolecular Hbond substituents is 1. The van der Waals surface area contributed by atoms with E-state index in [0.29, 0.717) is 25.2 Å². The third-order valence-electron chi connectivity index (χ3n) is 4.29. The molecule has 1 aromatic rings. The van der Waals surface area contributed by atoms with Gasteiger partial charge in [0, 0.05) is 24.0 Å². The van der Waals surface area contributed by atoms with Gasteiger partial charge >= 0.3 is 0 Å². The number of hydrogen-bond acceptors (Lipinski definition) is 5. The van der Waals surface area contributed by atoms with Crippen molar-refractivity contribution in [1.29, 1.82) is 0 Å². The first-order valence-corrected chi connectivity index (χ1v) is 7.45. The van der Waals surface area contributed by atoms with Gasteiger partial charge < -0.3 is 24.1 Å². The van der Waals surface area contributed by atoms with Crippen molar-refractivity contribution in [3.05, 3.63) is 23.3 Å². The predicted molar refractivity (Wildman–Crippen MR) is 74.6 cm³/mol. The second-order valence-corrected chi connectivity index (χ2v) is 6.43. The predicted octanol–water partition coefficient (Wildman–Crippen LogP) is 1.79. The first kappa shape index (κ1) is 13.4. The quantitative estimate of drug-likeness (QED) is 0.861. The summed E-state index contributed by atoms with van der Waals surface area (Å²) in [6.45, 7) is 5.19. The van der Waals surface area contributed by atoms with Gasteiger partial charge in [0.05, 0.1) is 18.8 Å². The summed E-state index contributed by atoms with van der Waals surface area (Å²) in [5, 5.41) is 10.1. The maximum atomic E-state index is 10.1. The molecule has 2 aliphatic heterocycles. The molecule has 1 N–H and O–H groups in total. The summed E-state index contributed by atoms with van der Waals surface area (Å²) in [7, 11) is 0. The number of aromatic hydroxyl groups is 1. The topological polar surface area (TPSA) is 60.5 Å². The summed E-state index contributed by atoms with van der Waals surface area (Å²) >= 11 is 0. The Bertz CT molecular complexity index is 564. The van der Waals surface area contributed by atoms with Gasteiger partial charge in [-0.15, -0.1) is 0 Å². The molecule has 21 heavy (non-hydrogen) atoms. The van der Waals surface area contributed by atoms with Gasteiger partial charge in [-0.05, 0) is 26.0 Å². The van der Waals surface area contributed by atoms with Gasteiger partial charge in [0.25, 0.3) is 0 Å². The van der Waals surface area contributed by atoms with Gasteiger partial charge in [0.1, 0.15) is 24.2 Å². The minimum Gasteiger partial charge on any atom is -0.508 e. The molecule has 2 heterocycles. The fourth-order valence-corrected chi connectivity index (χ4v) is 3.25. The summed E-state index contributed by atoms with van der Waals surface area (Å²) in [6, 6.07) is 3.53. The average molecular weight is 292 g/mol. The van der Waals surface area contributed by atoms with Crippen molar-refractivity contribution in [3.63, 3.8) is 0 Å². The Labute approximate surface area is 123 Å². The van der Waals surface area contributed by atoms with Gasteiger partial charge in [-0.1, -0.05) is 0 Å². The summed E-state index contributed by atoms with van der Waals surface area (Å²) < 4.78 is 22.9. The van der Waals surface area contributed by atoms with E-state index in [-0.39, 0.29) is 18.3 Å². The molecule has 5 heteroatoms. The molecule has 114 valence electrons. The molecule has 0 spiro atoms. The number of ether oxygens (including phenoxy) is 4. The van der Waals surface area contributed by atoms with Crippen LogP contribution in [0.5, 0.6) is 11.5 Å². The third kappa shape index (κ3) is 2.50. The molecular weight excluding hydrogens is 272 g/mol. The largest absolute Gasteiger partial charge is 0.508 e. The fourth-order valence-electron chi connectivity index (χ4n) is 3.25. The van der Waals surface area contributed by atoms with Crippen molar-refractivity contribution in [2.75, 3.05) is 13.2 Å². The minimum absolute atomic E-state index is 0.000385. The van der Waals surface area contributed by atoms with E-state index in [1.807, 2.05) is 19.9 Å². The SMILES string of the molecule is CC1(C)O[C@@H]2Cc3c(O)ccc(OCC4CO4)c3C[C@H]2O1. The Kier molecular flexibility index (Phi) is 2.93. The molecule has 2 saturated heterocycles. The highest BCUT2D eigenvalue weighted by Crippen LogP contribution is 2.42. The molecule has 0 saturated carbocycles. The van der Waals surface area contributed by atoms with E-state index in [0.717, 1.165) is 23.5 Å². The lowest BCUT2D eigenvalue weighted by Crippen LogP contribution is -2.32. The van der Waals surface area contributed by atoms with E-state index in [4.69, 9.17) is 18.9 Å². The molecule has 4 rings (SSSR count). The number of epoxide rings is 1. The molecule has 1 unspecified atom stereocenters. The van der Waals surface area contributed by atoms with Gasteiger partial charge in [-0.2, -0.15) is 0 Å². The smallest absolute Gasteiger partial charge is 0.163 e. The Morgan fingerprint density at radius 2 is 1.86 bits per heavy atom. The molecular formula is C16H20O5. The van der Waals surface area contributed by atoms with Crippen LogP contribution in [0.15, 0.2) is 12.1 Å². The second-order valence-electron chi connectivity index (χ2n) is 6.43. The zero-order chi connectivity index (χ0) is 14.6. The lowest BCUT2D eigenvalue weighted by molar-refractivity contribution is -0.145.